The number of anilines is 1. The Bertz CT molecular complexity index is 425. The number of amides is 1. The second-order valence-electron chi connectivity index (χ2n) is 4.78. The van der Waals surface area contributed by atoms with Crippen LogP contribution in [0.5, 0.6) is 0 Å². The fourth-order valence-electron chi connectivity index (χ4n) is 2.14. The van der Waals surface area contributed by atoms with E-state index in [4.69, 9.17) is 10.8 Å². The minimum absolute atomic E-state index is 0.0658. The Morgan fingerprint density at radius 3 is 2.82 bits per heavy atom. The lowest BCUT2D eigenvalue weighted by molar-refractivity contribution is 0.0420. The van der Waals surface area contributed by atoms with Crippen molar-refractivity contribution in [1.82, 2.24) is 5.32 Å². The van der Waals surface area contributed by atoms with Gasteiger partial charge in [-0.3, -0.25) is 4.79 Å². The van der Waals surface area contributed by atoms with Crippen molar-refractivity contribution < 1.29 is 9.90 Å². The molecule has 0 heterocycles. The molecule has 4 N–H and O–H groups in total. The number of nitrogens with two attached hydrogens (primary N) is 1. The second-order valence-corrected chi connectivity index (χ2v) is 4.78. The van der Waals surface area contributed by atoms with E-state index in [0.717, 1.165) is 18.4 Å². The smallest absolute Gasteiger partial charge is 0.251 e. The monoisotopic (exact) mass is 234 g/mol. The van der Waals surface area contributed by atoms with E-state index in [2.05, 4.69) is 5.32 Å². The minimum Gasteiger partial charge on any atom is -0.399 e. The summed E-state index contributed by atoms with van der Waals surface area (Å²) in [6, 6.07) is 5.27. The van der Waals surface area contributed by atoms with E-state index in [1.165, 1.54) is 0 Å². The van der Waals surface area contributed by atoms with Crippen molar-refractivity contribution in [1.29, 1.82) is 0 Å². The predicted molar refractivity (Wildman–Crippen MR) is 66.7 cm³/mol. The lowest BCUT2D eigenvalue weighted by Gasteiger charge is -2.31. The minimum atomic E-state index is -0.171. The van der Waals surface area contributed by atoms with E-state index >= 15 is 0 Å². The van der Waals surface area contributed by atoms with E-state index in [1.807, 2.05) is 6.92 Å². The Labute approximate surface area is 101 Å². The highest BCUT2D eigenvalue weighted by molar-refractivity contribution is 5.96. The number of hydrogen-bond donors (Lipinski definition) is 3. The van der Waals surface area contributed by atoms with E-state index in [0.29, 0.717) is 23.7 Å². The molecule has 0 saturated heterocycles. The maximum absolute atomic E-state index is 11.9. The molecule has 0 aliphatic heterocycles. The average molecular weight is 234 g/mol. The molecule has 2 rings (SSSR count). The lowest BCUT2D eigenvalue weighted by Crippen LogP contribution is -2.38. The molecule has 4 heteroatoms. The first-order valence-corrected chi connectivity index (χ1v) is 5.88. The first-order valence-electron chi connectivity index (χ1n) is 5.88. The predicted octanol–water partition coefficient (Wildman–Crippen LogP) is 1.08. The van der Waals surface area contributed by atoms with Gasteiger partial charge in [-0.15, -0.1) is 0 Å². The number of aliphatic hydroxyl groups excluding tert-OH is 1. The normalized spacial score (nSPS) is 22.9. The van der Waals surface area contributed by atoms with Crippen LogP contribution < -0.4 is 11.1 Å². The summed E-state index contributed by atoms with van der Waals surface area (Å²) in [5.74, 6) is 0.354. The maximum Gasteiger partial charge on any atom is 0.251 e. The summed E-state index contributed by atoms with van der Waals surface area (Å²) in [5.41, 5.74) is 7.86. The van der Waals surface area contributed by atoms with Crippen molar-refractivity contribution in [3.05, 3.63) is 29.3 Å². The Balaban J connectivity index is 1.91. The van der Waals surface area contributed by atoms with Gasteiger partial charge in [-0.1, -0.05) is 0 Å². The molecule has 92 valence electrons. The molecular formula is C13H18N2O2. The van der Waals surface area contributed by atoms with Crippen LogP contribution in [0.4, 0.5) is 5.69 Å². The van der Waals surface area contributed by atoms with Crippen LogP contribution in [0, 0.1) is 12.8 Å². The highest BCUT2D eigenvalue weighted by Gasteiger charge is 2.27. The van der Waals surface area contributed by atoms with Crippen LogP contribution in [0.15, 0.2) is 18.2 Å². The van der Waals surface area contributed by atoms with Gasteiger partial charge in [0, 0.05) is 17.8 Å². The lowest BCUT2D eigenvalue weighted by atomic mass is 9.82. The third-order valence-electron chi connectivity index (χ3n) is 3.26. The van der Waals surface area contributed by atoms with E-state index in [-0.39, 0.29) is 12.0 Å². The summed E-state index contributed by atoms with van der Waals surface area (Å²) in [6.45, 7) is 2.51. The molecular weight excluding hydrogens is 216 g/mol. The number of carbonyl (C=O) groups is 1. The Morgan fingerprint density at radius 2 is 2.24 bits per heavy atom. The van der Waals surface area contributed by atoms with Gasteiger partial charge >= 0.3 is 0 Å². The maximum atomic E-state index is 11.9. The van der Waals surface area contributed by atoms with Crippen LogP contribution in [0.2, 0.25) is 0 Å². The molecule has 1 aromatic carbocycles. The first-order chi connectivity index (χ1) is 8.06. The molecule has 1 aliphatic rings. The number of hydrogen-bond acceptors (Lipinski definition) is 3. The number of benzene rings is 1. The van der Waals surface area contributed by atoms with Crippen LogP contribution in [0.25, 0.3) is 0 Å². The van der Waals surface area contributed by atoms with Crippen LogP contribution in [-0.4, -0.2) is 23.7 Å². The molecule has 4 nitrogen and oxygen atoms in total. The number of nitrogens with one attached hydrogen (secondary N) is 1. The topological polar surface area (TPSA) is 75.4 Å². The Hall–Kier alpha value is -1.55. The van der Waals surface area contributed by atoms with Gasteiger partial charge in [0.25, 0.3) is 5.91 Å². The molecule has 0 unspecified atom stereocenters. The molecule has 0 spiro atoms. The number of aryl methyl sites for hydroxylation is 1. The largest absolute Gasteiger partial charge is 0.399 e. The zero-order valence-corrected chi connectivity index (χ0v) is 9.94. The Morgan fingerprint density at radius 1 is 1.53 bits per heavy atom. The number of aliphatic hydroxyl groups is 1. The SMILES string of the molecule is Cc1cc(N)ccc1C(=O)NCC1CC(O)C1. The van der Waals surface area contributed by atoms with Crippen molar-refractivity contribution in [2.75, 3.05) is 12.3 Å². The number of rotatable bonds is 3. The van der Waals surface area contributed by atoms with Crippen LogP contribution >= 0.6 is 0 Å². The fraction of sp³-hybridized carbons (Fsp3) is 0.462. The van der Waals surface area contributed by atoms with Crippen LogP contribution in [0.3, 0.4) is 0 Å². The van der Waals surface area contributed by atoms with Crippen molar-refractivity contribution >= 4 is 11.6 Å². The van der Waals surface area contributed by atoms with Crippen molar-refractivity contribution in [2.24, 2.45) is 5.92 Å². The van der Waals surface area contributed by atoms with E-state index in [1.54, 1.807) is 18.2 Å². The van der Waals surface area contributed by atoms with Gasteiger partial charge in [0.1, 0.15) is 0 Å². The average Bonchev–Trinajstić information content (AvgIpc) is 2.22. The molecule has 0 radical (unpaired) electrons. The highest BCUT2D eigenvalue weighted by atomic mass is 16.3. The standard InChI is InChI=1S/C13H18N2O2/c1-8-4-10(14)2-3-12(8)13(17)15-7-9-5-11(16)6-9/h2-4,9,11,16H,5-7,14H2,1H3,(H,15,17). The van der Waals surface area contributed by atoms with Crippen molar-refractivity contribution in [3.8, 4) is 0 Å². The van der Waals surface area contributed by atoms with Crippen LogP contribution in [0.1, 0.15) is 28.8 Å². The molecule has 0 atom stereocenters. The van der Waals surface area contributed by atoms with E-state index < -0.39 is 0 Å². The molecule has 1 amide bonds. The third-order valence-corrected chi connectivity index (χ3v) is 3.26. The summed E-state index contributed by atoms with van der Waals surface area (Å²) in [4.78, 5) is 11.9. The summed E-state index contributed by atoms with van der Waals surface area (Å²) < 4.78 is 0. The molecule has 0 bridgehead atoms. The second kappa shape index (κ2) is 4.75. The molecule has 17 heavy (non-hydrogen) atoms. The Kier molecular flexibility index (Phi) is 3.33. The van der Waals surface area contributed by atoms with Gasteiger partial charge in [-0.05, 0) is 49.4 Å². The van der Waals surface area contributed by atoms with Crippen LogP contribution in [-0.2, 0) is 0 Å². The number of nitrogen functional groups attached to an aromatic ring is 1. The number of carbonyl (C=O) groups excluding carboxylic acids is 1. The van der Waals surface area contributed by atoms with Gasteiger partial charge in [0.15, 0.2) is 0 Å². The third kappa shape index (κ3) is 2.77. The molecule has 1 saturated carbocycles. The summed E-state index contributed by atoms with van der Waals surface area (Å²) in [5, 5.41) is 12.0. The highest BCUT2D eigenvalue weighted by Crippen LogP contribution is 2.26. The van der Waals surface area contributed by atoms with E-state index in [9.17, 15) is 4.79 Å². The molecule has 1 aromatic rings. The fourth-order valence-corrected chi connectivity index (χ4v) is 2.14. The van der Waals surface area contributed by atoms with Crippen molar-refractivity contribution in [3.63, 3.8) is 0 Å². The molecule has 1 aliphatic carbocycles. The summed E-state index contributed by atoms with van der Waals surface area (Å²) in [7, 11) is 0. The molecule has 1 fully saturated rings. The van der Waals surface area contributed by atoms with Crippen molar-refractivity contribution in [2.45, 2.75) is 25.9 Å². The quantitative estimate of drug-likeness (QED) is 0.685. The van der Waals surface area contributed by atoms with Gasteiger partial charge in [-0.2, -0.15) is 0 Å². The van der Waals surface area contributed by atoms with Gasteiger partial charge in [0.2, 0.25) is 0 Å². The molecule has 0 aromatic heterocycles. The summed E-state index contributed by atoms with van der Waals surface area (Å²) in [6.07, 6.45) is 1.41. The van der Waals surface area contributed by atoms with Gasteiger partial charge in [-0.25, -0.2) is 0 Å². The zero-order valence-electron chi connectivity index (χ0n) is 9.94. The summed E-state index contributed by atoms with van der Waals surface area (Å²) >= 11 is 0. The van der Waals surface area contributed by atoms with Gasteiger partial charge < -0.3 is 16.2 Å². The zero-order chi connectivity index (χ0) is 12.4. The first kappa shape index (κ1) is 11.9. The van der Waals surface area contributed by atoms with Gasteiger partial charge in [0.05, 0.1) is 6.10 Å².